The number of carbonyl (C=O) groups is 4. The molecule has 0 spiro atoms. The number of alkyl carbamates (subject to hydrolysis) is 2. The van der Waals surface area contributed by atoms with Crippen LogP contribution in [0.1, 0.15) is 88.1 Å². The Balaban J connectivity index is 0.867. The van der Waals surface area contributed by atoms with Crippen molar-refractivity contribution in [2.45, 2.75) is 94.8 Å². The number of likely N-dealkylation sites (tertiary alicyclic amines) is 2. The molecule has 5 aliphatic rings. The lowest BCUT2D eigenvalue weighted by atomic mass is 9.88. The summed E-state index contributed by atoms with van der Waals surface area (Å²) in [6, 6.07) is 19.7. The number of allylic oxidation sites excluding steroid dienone is 1. The predicted molar refractivity (Wildman–Crippen MR) is 250 cm³/mol. The summed E-state index contributed by atoms with van der Waals surface area (Å²) >= 11 is 0. The molecule has 5 aliphatic heterocycles. The highest BCUT2D eigenvalue weighted by Crippen LogP contribution is 2.36. The molecule has 4 saturated heterocycles. The summed E-state index contributed by atoms with van der Waals surface area (Å²) in [7, 11) is 2.64. The SMILES string of the molecule is COC(=O)N[C@H](C(=O)N1CCCC[C@H]1C1=NC(c2ccc(-c3ccc4cc(-c5cnc([C@@H]6CCCCN6C(=O)[C@@H](NC(=O)OC)C6CCOCC6)[nH]5)ccc4c3)cc2)=CC1)C1CCOCC1. The highest BCUT2D eigenvalue weighted by Gasteiger charge is 2.41. The summed E-state index contributed by atoms with van der Waals surface area (Å²) < 4.78 is 20.9. The van der Waals surface area contributed by atoms with E-state index >= 15 is 0 Å². The molecule has 3 N–H and O–H groups in total. The van der Waals surface area contributed by atoms with Gasteiger partial charge in [-0.25, -0.2) is 14.6 Å². The van der Waals surface area contributed by atoms with E-state index in [4.69, 9.17) is 28.9 Å². The number of H-pyrrole nitrogens is 1. The first-order valence-electron chi connectivity index (χ1n) is 23.7. The number of hydrogen-bond donors (Lipinski definition) is 3. The van der Waals surface area contributed by atoms with Crippen molar-refractivity contribution in [3.8, 4) is 22.4 Å². The molecule has 0 unspecified atom stereocenters. The number of aromatic amines is 1. The topological polar surface area (TPSA) is 177 Å². The number of ether oxygens (including phenoxy) is 4. The first-order valence-corrected chi connectivity index (χ1v) is 23.7. The van der Waals surface area contributed by atoms with Crippen molar-refractivity contribution in [2.75, 3.05) is 53.7 Å². The molecule has 1 aromatic heterocycles. The zero-order valence-electron chi connectivity index (χ0n) is 38.0. The number of methoxy groups -OCH3 is 2. The molecule has 3 aromatic carbocycles. The van der Waals surface area contributed by atoms with Crippen LogP contribution in [-0.4, -0.2) is 121 Å². The van der Waals surface area contributed by atoms with E-state index in [1.54, 1.807) is 0 Å². The lowest BCUT2D eigenvalue weighted by molar-refractivity contribution is -0.140. The highest BCUT2D eigenvalue weighted by atomic mass is 16.5. The van der Waals surface area contributed by atoms with E-state index in [1.165, 1.54) is 14.2 Å². The Bertz CT molecular complexity index is 2450. The Morgan fingerprint density at radius 2 is 1.17 bits per heavy atom. The minimum Gasteiger partial charge on any atom is -0.453 e. The van der Waals surface area contributed by atoms with Gasteiger partial charge in [-0.15, -0.1) is 0 Å². The van der Waals surface area contributed by atoms with Crippen molar-refractivity contribution < 1.29 is 38.1 Å². The average Bonchev–Trinajstić information content (AvgIpc) is 4.09. The van der Waals surface area contributed by atoms with Crippen molar-refractivity contribution in [1.82, 2.24) is 30.4 Å². The molecule has 0 radical (unpaired) electrons. The van der Waals surface area contributed by atoms with E-state index in [1.807, 2.05) is 16.0 Å². The zero-order valence-corrected chi connectivity index (χ0v) is 38.0. The van der Waals surface area contributed by atoms with Gasteiger partial charge < -0.3 is 44.4 Å². The minimum atomic E-state index is -0.689. The molecule has 15 heteroatoms. The molecule has 4 atom stereocenters. The summed E-state index contributed by atoms with van der Waals surface area (Å²) in [6.07, 6.45) is 11.7. The van der Waals surface area contributed by atoms with E-state index in [2.05, 4.69) is 82.4 Å². The number of nitrogens with one attached hydrogen (secondary N) is 3. The molecule has 0 aliphatic carbocycles. The lowest BCUT2D eigenvalue weighted by Gasteiger charge is -2.40. The summed E-state index contributed by atoms with van der Waals surface area (Å²) in [5.41, 5.74) is 7.01. The Kier molecular flexibility index (Phi) is 14.1. The van der Waals surface area contributed by atoms with Gasteiger partial charge in [-0.05, 0) is 116 Å². The number of rotatable bonds is 11. The van der Waals surface area contributed by atoms with Crippen LogP contribution in [0, 0.1) is 11.8 Å². The van der Waals surface area contributed by atoms with Crippen molar-refractivity contribution in [1.29, 1.82) is 0 Å². The van der Waals surface area contributed by atoms with Gasteiger partial charge in [0, 0.05) is 57.2 Å². The van der Waals surface area contributed by atoms with Gasteiger partial charge in [-0.2, -0.15) is 0 Å². The third-order valence-corrected chi connectivity index (χ3v) is 14.2. The van der Waals surface area contributed by atoms with E-state index in [9.17, 15) is 19.2 Å². The summed E-state index contributed by atoms with van der Waals surface area (Å²) in [6.45, 7) is 3.49. The Morgan fingerprint density at radius 3 is 1.76 bits per heavy atom. The molecular weight excluding hydrogens is 839 g/mol. The molecule has 15 nitrogen and oxygen atoms in total. The maximum Gasteiger partial charge on any atom is 0.407 e. The number of aromatic nitrogens is 2. The number of aliphatic imine (C=N–C) groups is 1. The highest BCUT2D eigenvalue weighted by molar-refractivity contribution is 6.02. The van der Waals surface area contributed by atoms with Crippen LogP contribution in [0.2, 0.25) is 0 Å². The van der Waals surface area contributed by atoms with Crippen LogP contribution in [0.25, 0.3) is 38.9 Å². The normalized spacial score (nSPS) is 21.7. The number of amides is 4. The van der Waals surface area contributed by atoms with Crippen LogP contribution >= 0.6 is 0 Å². The molecule has 4 aromatic rings. The van der Waals surface area contributed by atoms with E-state index in [0.29, 0.717) is 71.6 Å². The summed E-state index contributed by atoms with van der Waals surface area (Å²) in [5.74, 6) is 0.530. The van der Waals surface area contributed by atoms with Crippen LogP contribution in [-0.2, 0) is 28.5 Å². The quantitative estimate of drug-likeness (QED) is 0.136. The third kappa shape index (κ3) is 9.87. The lowest BCUT2D eigenvalue weighted by Crippen LogP contribution is -2.58. The Labute approximate surface area is 385 Å². The Hall–Kier alpha value is -6.06. The number of fused-ring (bicyclic) bond motifs is 1. The molecule has 9 rings (SSSR count). The van der Waals surface area contributed by atoms with Gasteiger partial charge in [-0.1, -0.05) is 54.6 Å². The van der Waals surface area contributed by atoms with Gasteiger partial charge in [0.2, 0.25) is 11.8 Å². The second-order valence-electron chi connectivity index (χ2n) is 18.1. The molecule has 0 bridgehead atoms. The Morgan fingerprint density at radius 1 is 0.652 bits per heavy atom. The predicted octanol–water partition coefficient (Wildman–Crippen LogP) is 7.82. The first kappa shape index (κ1) is 45.1. The fraction of sp³-hybridized carbons (Fsp3) is 0.490. The van der Waals surface area contributed by atoms with Crippen LogP contribution in [0.3, 0.4) is 0 Å². The number of hydrogen-bond acceptors (Lipinski definition) is 10. The molecule has 4 fully saturated rings. The van der Waals surface area contributed by atoms with Gasteiger partial charge >= 0.3 is 12.2 Å². The monoisotopic (exact) mass is 899 g/mol. The van der Waals surface area contributed by atoms with Crippen LogP contribution in [0.15, 0.2) is 77.9 Å². The van der Waals surface area contributed by atoms with Gasteiger partial charge in [0.1, 0.15) is 17.9 Å². The zero-order chi connectivity index (χ0) is 45.6. The third-order valence-electron chi connectivity index (χ3n) is 14.2. The fourth-order valence-corrected chi connectivity index (χ4v) is 10.5. The van der Waals surface area contributed by atoms with Gasteiger partial charge in [0.25, 0.3) is 0 Å². The van der Waals surface area contributed by atoms with Gasteiger partial charge in [0.05, 0.1) is 43.9 Å². The number of benzene rings is 3. The van der Waals surface area contributed by atoms with Crippen molar-refractivity contribution in [3.05, 3.63) is 84.3 Å². The van der Waals surface area contributed by atoms with Crippen molar-refractivity contribution in [3.63, 3.8) is 0 Å². The standard InChI is InChI=1S/C51H61N7O8/c1-63-50(61)55-45(34-19-25-65-26-20-34)48(59)57-23-5-3-7-43(57)41-18-17-40(53-41)33-11-9-32(10-12-33)36-13-14-38-30-39(16-15-37(38)29-36)42-31-52-47(54-42)44-8-4-6-24-58(44)49(60)46(56-51(62)64-2)35-21-27-66-28-22-35/h9-17,29-31,34-35,43-46H,3-8,18-28H2,1-2H3,(H,52,54)(H,55,61)(H,56,62)/t43-,44-,45-,46-/m0/s1. The largest absolute Gasteiger partial charge is 0.453 e. The summed E-state index contributed by atoms with van der Waals surface area (Å²) in [4.78, 5) is 70.4. The van der Waals surface area contributed by atoms with Gasteiger partial charge in [-0.3, -0.25) is 14.6 Å². The van der Waals surface area contributed by atoms with E-state index in [0.717, 1.165) is 94.5 Å². The number of imidazole rings is 1. The van der Waals surface area contributed by atoms with E-state index < -0.39 is 24.3 Å². The first-order chi connectivity index (χ1) is 32.3. The molecule has 0 saturated carbocycles. The van der Waals surface area contributed by atoms with Crippen LogP contribution in [0.5, 0.6) is 0 Å². The minimum absolute atomic E-state index is 0.0114. The second-order valence-corrected chi connectivity index (χ2v) is 18.1. The maximum absolute atomic E-state index is 14.2. The molecule has 6 heterocycles. The fourth-order valence-electron chi connectivity index (χ4n) is 10.5. The smallest absolute Gasteiger partial charge is 0.407 e. The van der Waals surface area contributed by atoms with Crippen molar-refractivity contribution >= 4 is 46.2 Å². The van der Waals surface area contributed by atoms with Crippen LogP contribution in [0.4, 0.5) is 9.59 Å². The average molecular weight is 900 g/mol. The maximum atomic E-state index is 14.2. The number of nitrogens with zero attached hydrogens (tertiary/aromatic N) is 4. The molecule has 66 heavy (non-hydrogen) atoms. The molecule has 4 amide bonds. The number of carbonyl (C=O) groups excluding carboxylic acids is 4. The van der Waals surface area contributed by atoms with Crippen molar-refractivity contribution in [2.24, 2.45) is 16.8 Å². The second kappa shape index (κ2) is 20.6. The number of piperidine rings is 2. The molecular formula is C51H61N7O8. The van der Waals surface area contributed by atoms with E-state index in [-0.39, 0.29) is 35.7 Å². The summed E-state index contributed by atoms with van der Waals surface area (Å²) in [5, 5.41) is 7.91. The van der Waals surface area contributed by atoms with Crippen LogP contribution < -0.4 is 10.6 Å². The molecule has 348 valence electrons. The van der Waals surface area contributed by atoms with Gasteiger partial charge in [0.15, 0.2) is 0 Å².